The standard InChI is InChI=1S/C11H14N2O/c1-2-3-4-7-12-8-9-13(11(12)14)10-5-6-10/h8-10H,4-7H2,1H3. The summed E-state index contributed by atoms with van der Waals surface area (Å²) in [4.78, 5) is 11.7. The van der Waals surface area contributed by atoms with Crippen LogP contribution >= 0.6 is 0 Å². The quantitative estimate of drug-likeness (QED) is 0.662. The molecule has 14 heavy (non-hydrogen) atoms. The van der Waals surface area contributed by atoms with Crippen molar-refractivity contribution in [3.8, 4) is 11.8 Å². The molecular weight excluding hydrogens is 176 g/mol. The Labute approximate surface area is 83.4 Å². The van der Waals surface area contributed by atoms with E-state index in [0.717, 1.165) is 19.3 Å². The van der Waals surface area contributed by atoms with E-state index in [4.69, 9.17) is 0 Å². The van der Waals surface area contributed by atoms with E-state index >= 15 is 0 Å². The fraction of sp³-hybridized carbons (Fsp3) is 0.545. The van der Waals surface area contributed by atoms with Gasteiger partial charge in [-0.25, -0.2) is 4.79 Å². The Morgan fingerprint density at radius 1 is 1.50 bits per heavy atom. The first-order chi connectivity index (χ1) is 6.83. The van der Waals surface area contributed by atoms with Crippen molar-refractivity contribution in [2.75, 3.05) is 0 Å². The van der Waals surface area contributed by atoms with Gasteiger partial charge < -0.3 is 0 Å². The third kappa shape index (κ3) is 1.74. The minimum atomic E-state index is 0.116. The highest BCUT2D eigenvalue weighted by molar-refractivity contribution is 4.96. The zero-order chi connectivity index (χ0) is 9.97. The number of rotatable bonds is 3. The summed E-state index contributed by atoms with van der Waals surface area (Å²) < 4.78 is 3.57. The second kappa shape index (κ2) is 3.75. The molecule has 3 nitrogen and oxygen atoms in total. The Hall–Kier alpha value is -1.43. The molecule has 0 spiro atoms. The van der Waals surface area contributed by atoms with E-state index in [0.29, 0.717) is 12.6 Å². The molecule has 74 valence electrons. The van der Waals surface area contributed by atoms with Crippen molar-refractivity contribution in [3.05, 3.63) is 22.9 Å². The van der Waals surface area contributed by atoms with Crippen LogP contribution in [0.15, 0.2) is 17.2 Å². The maximum absolute atomic E-state index is 11.7. The summed E-state index contributed by atoms with van der Waals surface area (Å²) in [5, 5.41) is 0. The molecule has 1 aromatic rings. The second-order valence-corrected chi connectivity index (χ2v) is 3.59. The molecule has 0 saturated heterocycles. The molecule has 1 saturated carbocycles. The predicted molar refractivity (Wildman–Crippen MR) is 55.0 cm³/mol. The highest BCUT2D eigenvalue weighted by Gasteiger charge is 2.25. The van der Waals surface area contributed by atoms with Crippen molar-refractivity contribution in [1.82, 2.24) is 9.13 Å². The Kier molecular flexibility index (Phi) is 2.45. The maximum atomic E-state index is 11.7. The van der Waals surface area contributed by atoms with Crippen LogP contribution in [0, 0.1) is 11.8 Å². The number of aromatic nitrogens is 2. The van der Waals surface area contributed by atoms with Crippen LogP contribution in [-0.2, 0) is 6.54 Å². The molecule has 1 aliphatic rings. The molecular formula is C11H14N2O. The molecule has 1 fully saturated rings. The average molecular weight is 190 g/mol. The van der Waals surface area contributed by atoms with Crippen LogP contribution in [0.3, 0.4) is 0 Å². The zero-order valence-electron chi connectivity index (χ0n) is 8.36. The van der Waals surface area contributed by atoms with Crippen LogP contribution in [0.25, 0.3) is 0 Å². The van der Waals surface area contributed by atoms with Gasteiger partial charge in [0.15, 0.2) is 0 Å². The van der Waals surface area contributed by atoms with Gasteiger partial charge in [-0.2, -0.15) is 0 Å². The number of hydrogen-bond donors (Lipinski definition) is 0. The first-order valence-electron chi connectivity index (χ1n) is 5.00. The molecule has 0 amide bonds. The molecule has 3 heteroatoms. The molecule has 0 aromatic carbocycles. The van der Waals surface area contributed by atoms with E-state index in [1.54, 1.807) is 4.57 Å². The smallest absolute Gasteiger partial charge is 0.298 e. The van der Waals surface area contributed by atoms with Crippen LogP contribution in [0.2, 0.25) is 0 Å². The van der Waals surface area contributed by atoms with Gasteiger partial charge in [0.1, 0.15) is 0 Å². The molecule has 0 unspecified atom stereocenters. The highest BCUT2D eigenvalue weighted by atomic mass is 16.1. The topological polar surface area (TPSA) is 26.9 Å². The van der Waals surface area contributed by atoms with Gasteiger partial charge in [0.05, 0.1) is 0 Å². The molecule has 1 heterocycles. The van der Waals surface area contributed by atoms with Crippen LogP contribution in [0.4, 0.5) is 0 Å². The molecule has 2 rings (SSSR count). The Morgan fingerprint density at radius 2 is 2.29 bits per heavy atom. The van der Waals surface area contributed by atoms with Gasteiger partial charge in [-0.05, 0) is 19.8 Å². The Balaban J connectivity index is 2.09. The van der Waals surface area contributed by atoms with Crippen molar-refractivity contribution < 1.29 is 0 Å². The van der Waals surface area contributed by atoms with Gasteiger partial charge in [-0.1, -0.05) is 0 Å². The lowest BCUT2D eigenvalue weighted by atomic mass is 10.4. The van der Waals surface area contributed by atoms with Gasteiger partial charge in [-0.3, -0.25) is 9.13 Å². The molecule has 0 radical (unpaired) electrons. The van der Waals surface area contributed by atoms with Crippen molar-refractivity contribution in [3.63, 3.8) is 0 Å². The molecule has 0 aliphatic heterocycles. The zero-order valence-corrected chi connectivity index (χ0v) is 8.36. The monoisotopic (exact) mass is 190 g/mol. The summed E-state index contributed by atoms with van der Waals surface area (Å²) in [6.07, 6.45) is 6.81. The lowest BCUT2D eigenvalue weighted by molar-refractivity contribution is 0.629. The summed E-state index contributed by atoms with van der Waals surface area (Å²) in [7, 11) is 0. The predicted octanol–water partition coefficient (Wildman–Crippen LogP) is 1.40. The molecule has 0 N–H and O–H groups in total. The lowest BCUT2D eigenvalue weighted by Crippen LogP contribution is -2.23. The van der Waals surface area contributed by atoms with E-state index in [-0.39, 0.29) is 5.69 Å². The van der Waals surface area contributed by atoms with Gasteiger partial charge in [0.2, 0.25) is 0 Å². The summed E-state index contributed by atoms with van der Waals surface area (Å²) in [5.74, 6) is 5.79. The average Bonchev–Trinajstić information content (AvgIpc) is 2.95. The van der Waals surface area contributed by atoms with E-state index in [2.05, 4.69) is 11.8 Å². The van der Waals surface area contributed by atoms with Crippen LogP contribution in [-0.4, -0.2) is 9.13 Å². The Morgan fingerprint density at radius 3 is 2.93 bits per heavy atom. The van der Waals surface area contributed by atoms with Crippen LogP contribution in [0.1, 0.15) is 32.2 Å². The van der Waals surface area contributed by atoms with E-state index in [9.17, 15) is 4.79 Å². The van der Waals surface area contributed by atoms with E-state index in [1.807, 2.05) is 23.9 Å². The summed E-state index contributed by atoms with van der Waals surface area (Å²) in [6.45, 7) is 2.53. The fourth-order valence-corrected chi connectivity index (χ4v) is 1.53. The molecule has 0 bridgehead atoms. The second-order valence-electron chi connectivity index (χ2n) is 3.59. The SMILES string of the molecule is CC#CCCn1ccn(C2CC2)c1=O. The highest BCUT2D eigenvalue weighted by Crippen LogP contribution is 2.33. The molecule has 0 atom stereocenters. The van der Waals surface area contributed by atoms with Crippen LogP contribution in [0.5, 0.6) is 0 Å². The lowest BCUT2D eigenvalue weighted by Gasteiger charge is -1.97. The third-order valence-corrected chi connectivity index (χ3v) is 2.47. The molecule has 1 aromatic heterocycles. The Bertz CT molecular complexity index is 426. The van der Waals surface area contributed by atoms with Crippen molar-refractivity contribution in [2.45, 2.75) is 38.8 Å². The minimum absolute atomic E-state index is 0.116. The van der Waals surface area contributed by atoms with Crippen molar-refractivity contribution in [1.29, 1.82) is 0 Å². The number of imidazole rings is 1. The molecule has 1 aliphatic carbocycles. The fourth-order valence-electron chi connectivity index (χ4n) is 1.53. The van der Waals surface area contributed by atoms with Gasteiger partial charge in [-0.15, -0.1) is 11.8 Å². The van der Waals surface area contributed by atoms with Crippen molar-refractivity contribution in [2.24, 2.45) is 0 Å². The number of hydrogen-bond acceptors (Lipinski definition) is 1. The minimum Gasteiger partial charge on any atom is -0.298 e. The van der Waals surface area contributed by atoms with E-state index < -0.39 is 0 Å². The maximum Gasteiger partial charge on any atom is 0.328 e. The number of nitrogens with zero attached hydrogens (tertiary/aromatic N) is 2. The first-order valence-corrected chi connectivity index (χ1v) is 5.00. The normalized spacial score (nSPS) is 14.9. The van der Waals surface area contributed by atoms with Gasteiger partial charge in [0.25, 0.3) is 0 Å². The summed E-state index contributed by atoms with van der Waals surface area (Å²) in [5.41, 5.74) is 0.116. The van der Waals surface area contributed by atoms with Gasteiger partial charge in [0, 0.05) is 31.4 Å². The third-order valence-electron chi connectivity index (χ3n) is 2.47. The summed E-state index contributed by atoms with van der Waals surface area (Å²) in [6, 6.07) is 0.473. The van der Waals surface area contributed by atoms with E-state index in [1.165, 1.54) is 0 Å². The largest absolute Gasteiger partial charge is 0.328 e. The summed E-state index contributed by atoms with van der Waals surface area (Å²) >= 11 is 0. The van der Waals surface area contributed by atoms with Crippen molar-refractivity contribution >= 4 is 0 Å². The number of aryl methyl sites for hydroxylation is 1. The van der Waals surface area contributed by atoms with Gasteiger partial charge >= 0.3 is 5.69 Å². The van der Waals surface area contributed by atoms with Crippen LogP contribution < -0.4 is 5.69 Å². The first kappa shape index (κ1) is 9.14.